The van der Waals surface area contributed by atoms with E-state index < -0.39 is 0 Å². The smallest absolute Gasteiger partial charge is 0.100 e. The molecule has 0 saturated carbocycles. The van der Waals surface area contributed by atoms with Crippen molar-refractivity contribution in [3.05, 3.63) is 84.9 Å². The average molecular weight is 349 g/mol. The van der Waals surface area contributed by atoms with E-state index in [-0.39, 0.29) is 0 Å². The first kappa shape index (κ1) is 14.7. The zero-order valence-electron chi connectivity index (χ0n) is 15.1. The molecule has 0 atom stereocenters. The molecule has 0 bridgehead atoms. The molecule has 0 amide bonds. The van der Waals surface area contributed by atoms with E-state index in [2.05, 4.69) is 107 Å². The number of hydrogen-bond donors (Lipinski definition) is 0. The molecule has 2 aliphatic rings. The zero-order valence-corrected chi connectivity index (χ0v) is 15.1. The quantitative estimate of drug-likeness (QED) is 0.407. The van der Waals surface area contributed by atoms with Gasteiger partial charge in [0.2, 0.25) is 0 Å². The highest BCUT2D eigenvalue weighted by Crippen LogP contribution is 2.57. The highest BCUT2D eigenvalue weighted by Gasteiger charge is 2.37. The van der Waals surface area contributed by atoms with Gasteiger partial charge in [-0.2, -0.15) is 0 Å². The van der Waals surface area contributed by atoms with Crippen LogP contribution in [0.15, 0.2) is 84.9 Å². The van der Waals surface area contributed by atoms with E-state index >= 15 is 0 Å². The monoisotopic (exact) mass is 349 g/mol. The van der Waals surface area contributed by atoms with Crippen molar-refractivity contribution in [3.63, 3.8) is 0 Å². The maximum atomic E-state index is 2.46. The van der Waals surface area contributed by atoms with Crippen LogP contribution in [-0.4, -0.2) is 13.7 Å². The van der Waals surface area contributed by atoms with Crippen molar-refractivity contribution in [2.45, 2.75) is 0 Å². The minimum absolute atomic E-state index is 0.829. The van der Waals surface area contributed by atoms with Gasteiger partial charge in [0.1, 0.15) is 6.67 Å². The van der Waals surface area contributed by atoms with Crippen molar-refractivity contribution in [1.82, 2.24) is 0 Å². The molecule has 4 aromatic carbocycles. The summed E-state index contributed by atoms with van der Waals surface area (Å²) in [5.74, 6) is 0. The molecule has 0 saturated heterocycles. The van der Waals surface area contributed by atoms with Crippen molar-refractivity contribution < 1.29 is 0 Å². The molecular formula is C24H19N3. The molecular weight excluding hydrogens is 330 g/mol. The number of hydrogen-bond acceptors (Lipinski definition) is 3. The molecule has 2 heterocycles. The summed E-state index contributed by atoms with van der Waals surface area (Å²) in [7, 11) is 2.18. The summed E-state index contributed by atoms with van der Waals surface area (Å²) in [5, 5.41) is 2.58. The van der Waals surface area contributed by atoms with Crippen LogP contribution in [-0.2, 0) is 0 Å². The van der Waals surface area contributed by atoms with Gasteiger partial charge in [-0.3, -0.25) is 0 Å². The summed E-state index contributed by atoms with van der Waals surface area (Å²) in [4.78, 5) is 7.21. The molecule has 3 heteroatoms. The van der Waals surface area contributed by atoms with Gasteiger partial charge in [0.05, 0.1) is 28.4 Å². The number of para-hydroxylation sites is 2. The lowest BCUT2D eigenvalue weighted by molar-refractivity contribution is 0.978. The highest BCUT2D eigenvalue weighted by atomic mass is 15.4. The van der Waals surface area contributed by atoms with Crippen LogP contribution in [0.3, 0.4) is 0 Å². The van der Waals surface area contributed by atoms with Crippen LogP contribution >= 0.6 is 0 Å². The predicted octanol–water partition coefficient (Wildman–Crippen LogP) is 6.17. The van der Waals surface area contributed by atoms with E-state index in [4.69, 9.17) is 0 Å². The average Bonchev–Trinajstić information content (AvgIpc) is 3.12. The van der Waals surface area contributed by atoms with Crippen LogP contribution in [0.5, 0.6) is 0 Å². The Hall–Kier alpha value is -3.46. The third kappa shape index (κ3) is 1.91. The van der Waals surface area contributed by atoms with E-state index in [1.165, 1.54) is 44.9 Å². The summed E-state index contributed by atoms with van der Waals surface area (Å²) in [5.41, 5.74) is 7.61. The second-order valence-corrected chi connectivity index (χ2v) is 7.19. The van der Waals surface area contributed by atoms with Gasteiger partial charge in [0.15, 0.2) is 0 Å². The number of nitrogens with zero attached hydrogens (tertiary/aromatic N) is 3. The van der Waals surface area contributed by atoms with Gasteiger partial charge >= 0.3 is 0 Å². The molecule has 0 fully saturated rings. The molecule has 4 aromatic rings. The fourth-order valence-corrected chi connectivity index (χ4v) is 4.53. The zero-order chi connectivity index (χ0) is 18.0. The van der Waals surface area contributed by atoms with Crippen LogP contribution in [0.25, 0.3) is 10.8 Å². The largest absolute Gasteiger partial charge is 0.341 e. The van der Waals surface area contributed by atoms with Gasteiger partial charge in [-0.15, -0.1) is 0 Å². The van der Waals surface area contributed by atoms with E-state index in [1.807, 2.05) is 0 Å². The topological polar surface area (TPSA) is 9.72 Å². The summed E-state index contributed by atoms with van der Waals surface area (Å²) in [6, 6.07) is 30.4. The molecule has 27 heavy (non-hydrogen) atoms. The SMILES string of the molecule is CN1c2cccc3c2N(CN3c2ccccc2)c2ccc3ccccc3c21. The van der Waals surface area contributed by atoms with Gasteiger partial charge < -0.3 is 14.7 Å². The lowest BCUT2D eigenvalue weighted by Gasteiger charge is -2.36. The van der Waals surface area contributed by atoms with E-state index in [9.17, 15) is 0 Å². The summed E-state index contributed by atoms with van der Waals surface area (Å²) < 4.78 is 0. The number of anilines is 6. The van der Waals surface area contributed by atoms with Crippen molar-refractivity contribution in [3.8, 4) is 0 Å². The van der Waals surface area contributed by atoms with Crippen LogP contribution < -0.4 is 14.7 Å². The Kier molecular flexibility index (Phi) is 2.87. The van der Waals surface area contributed by atoms with E-state index in [0.717, 1.165) is 6.67 Å². The maximum absolute atomic E-state index is 2.46. The van der Waals surface area contributed by atoms with Crippen molar-refractivity contribution >= 4 is 44.9 Å². The maximum Gasteiger partial charge on any atom is 0.100 e. The van der Waals surface area contributed by atoms with Crippen LogP contribution in [0.4, 0.5) is 34.1 Å². The fourth-order valence-electron chi connectivity index (χ4n) is 4.53. The molecule has 0 radical (unpaired) electrons. The highest BCUT2D eigenvalue weighted by molar-refractivity contribution is 6.10. The molecule has 0 aliphatic carbocycles. The minimum Gasteiger partial charge on any atom is -0.341 e. The van der Waals surface area contributed by atoms with E-state index in [0.29, 0.717) is 0 Å². The Morgan fingerprint density at radius 1 is 0.593 bits per heavy atom. The van der Waals surface area contributed by atoms with Gasteiger partial charge in [-0.05, 0) is 35.7 Å². The Labute approximate surface area is 158 Å². The first-order chi connectivity index (χ1) is 13.3. The van der Waals surface area contributed by atoms with Gasteiger partial charge in [0, 0.05) is 18.1 Å². The lowest BCUT2D eigenvalue weighted by Crippen LogP contribution is -2.28. The van der Waals surface area contributed by atoms with Crippen LogP contribution in [0.1, 0.15) is 0 Å². The van der Waals surface area contributed by atoms with Crippen molar-refractivity contribution in [2.75, 3.05) is 28.4 Å². The number of fused-ring (bicyclic) bond motifs is 4. The van der Waals surface area contributed by atoms with Crippen molar-refractivity contribution in [2.24, 2.45) is 0 Å². The molecule has 3 nitrogen and oxygen atoms in total. The molecule has 0 unspecified atom stereocenters. The first-order valence-electron chi connectivity index (χ1n) is 9.31. The Balaban J connectivity index is 1.62. The Bertz CT molecular complexity index is 1180. The minimum atomic E-state index is 0.829. The lowest BCUT2D eigenvalue weighted by atomic mass is 10.0. The fraction of sp³-hybridized carbons (Fsp3) is 0.0833. The summed E-state index contributed by atoms with van der Waals surface area (Å²) in [6.45, 7) is 0.829. The van der Waals surface area contributed by atoms with Crippen LogP contribution in [0, 0.1) is 0 Å². The van der Waals surface area contributed by atoms with E-state index in [1.54, 1.807) is 0 Å². The number of benzene rings is 4. The molecule has 0 spiro atoms. The molecule has 130 valence electrons. The first-order valence-corrected chi connectivity index (χ1v) is 9.31. The van der Waals surface area contributed by atoms with Gasteiger partial charge in [0.25, 0.3) is 0 Å². The van der Waals surface area contributed by atoms with Crippen molar-refractivity contribution in [1.29, 1.82) is 0 Å². The summed E-state index contributed by atoms with van der Waals surface area (Å²) in [6.07, 6.45) is 0. The molecule has 0 aromatic heterocycles. The Morgan fingerprint density at radius 3 is 2.22 bits per heavy atom. The third-order valence-electron chi connectivity index (χ3n) is 5.77. The van der Waals surface area contributed by atoms with Gasteiger partial charge in [-0.1, -0.05) is 54.6 Å². The second-order valence-electron chi connectivity index (χ2n) is 7.19. The predicted molar refractivity (Wildman–Crippen MR) is 114 cm³/mol. The Morgan fingerprint density at radius 2 is 1.33 bits per heavy atom. The third-order valence-corrected chi connectivity index (χ3v) is 5.77. The molecule has 2 aliphatic heterocycles. The van der Waals surface area contributed by atoms with Crippen LogP contribution in [0.2, 0.25) is 0 Å². The molecule has 6 rings (SSSR count). The standard InChI is InChI=1S/C24H19N3/c1-25-20-12-7-13-21-24(20)27(16-26(21)18-9-3-2-4-10-18)22-15-14-17-8-5-6-11-19(17)23(22)25/h2-15H,16H2,1H3. The number of rotatable bonds is 1. The molecule has 0 N–H and O–H groups in total. The normalized spacial score (nSPS) is 14.5. The van der Waals surface area contributed by atoms with Gasteiger partial charge in [-0.25, -0.2) is 0 Å². The summed E-state index contributed by atoms with van der Waals surface area (Å²) >= 11 is 0. The second kappa shape index (κ2) is 5.27.